The smallest absolute Gasteiger partial charge is 0.161 e. The fraction of sp³-hybridized carbons (Fsp3) is 0.455. The summed E-state index contributed by atoms with van der Waals surface area (Å²) in [4.78, 5) is 0. The van der Waals surface area contributed by atoms with E-state index in [4.69, 9.17) is 9.47 Å². The summed E-state index contributed by atoms with van der Waals surface area (Å²) in [5, 5.41) is 7.01. The molecule has 4 nitrogen and oxygen atoms in total. The van der Waals surface area contributed by atoms with Crippen LogP contribution in [0.5, 0.6) is 11.5 Å². The summed E-state index contributed by atoms with van der Waals surface area (Å²) in [6.45, 7) is 7.42. The predicted molar refractivity (Wildman–Crippen MR) is 106 cm³/mol. The second kappa shape index (κ2) is 13.7. The number of halogens is 2. The molecule has 0 aliphatic carbocycles. The van der Waals surface area contributed by atoms with E-state index in [1.165, 1.54) is 18.4 Å². The highest BCUT2D eigenvalue weighted by atomic mass is 35.5. The van der Waals surface area contributed by atoms with Crippen LogP contribution in [0.3, 0.4) is 0 Å². The highest BCUT2D eigenvalue weighted by Crippen LogP contribution is 2.29. The van der Waals surface area contributed by atoms with Crippen LogP contribution in [0.15, 0.2) is 48.5 Å². The largest absolute Gasteiger partial charge is 1.00 e. The third-order valence-electron chi connectivity index (χ3n) is 4.77. The van der Waals surface area contributed by atoms with Gasteiger partial charge in [-0.1, -0.05) is 36.4 Å². The molecule has 28 heavy (non-hydrogen) atoms. The second-order valence-corrected chi connectivity index (χ2v) is 6.81. The molecule has 0 aromatic heterocycles. The molecule has 1 aliphatic heterocycles. The molecule has 0 bridgehead atoms. The van der Waals surface area contributed by atoms with E-state index < -0.39 is 0 Å². The van der Waals surface area contributed by atoms with Crippen LogP contribution in [0.4, 0.5) is 0 Å². The molecule has 1 fully saturated rings. The molecule has 2 aromatic carbocycles. The first-order chi connectivity index (χ1) is 12.8. The van der Waals surface area contributed by atoms with Crippen LogP contribution in [-0.4, -0.2) is 26.2 Å². The lowest BCUT2D eigenvalue weighted by Gasteiger charge is -2.23. The molecular weight excluding hydrogens is 395 g/mol. The molecule has 1 aliphatic rings. The van der Waals surface area contributed by atoms with E-state index in [1.807, 2.05) is 31.2 Å². The van der Waals surface area contributed by atoms with Crippen molar-refractivity contribution in [1.82, 2.24) is 10.6 Å². The van der Waals surface area contributed by atoms with Gasteiger partial charge in [0.1, 0.15) is 6.61 Å². The topological polar surface area (TPSA) is 42.5 Å². The number of piperidine rings is 1. The Bertz CT molecular complexity index is 665. The van der Waals surface area contributed by atoms with E-state index >= 15 is 0 Å². The van der Waals surface area contributed by atoms with Crippen molar-refractivity contribution in [3.8, 4) is 11.5 Å². The molecule has 1 heterocycles. The summed E-state index contributed by atoms with van der Waals surface area (Å²) in [7, 11) is 0. The number of benzene rings is 2. The zero-order valence-electron chi connectivity index (χ0n) is 16.4. The summed E-state index contributed by atoms with van der Waals surface area (Å²) < 4.78 is 11.8. The quantitative estimate of drug-likeness (QED) is 0.477. The predicted octanol–water partition coefficient (Wildman–Crippen LogP) is -2.24. The first kappa shape index (κ1) is 24.6. The molecule has 1 saturated heterocycles. The second-order valence-electron chi connectivity index (χ2n) is 6.81. The van der Waals surface area contributed by atoms with Crippen LogP contribution in [-0.2, 0) is 13.2 Å². The maximum absolute atomic E-state index is 5.98. The molecule has 3 rings (SSSR count). The van der Waals surface area contributed by atoms with E-state index in [0.717, 1.165) is 49.2 Å². The Morgan fingerprint density at radius 1 is 0.929 bits per heavy atom. The lowest BCUT2D eigenvalue weighted by molar-refractivity contribution is -0.00100. The summed E-state index contributed by atoms with van der Waals surface area (Å²) in [5.74, 6) is 2.42. The number of ether oxygens (including phenoxy) is 2. The molecule has 0 amide bonds. The number of rotatable bonds is 9. The summed E-state index contributed by atoms with van der Waals surface area (Å²) in [6, 6.07) is 16.4. The summed E-state index contributed by atoms with van der Waals surface area (Å²) >= 11 is 0. The lowest BCUT2D eigenvalue weighted by Crippen LogP contribution is -3.00. The third kappa shape index (κ3) is 7.88. The van der Waals surface area contributed by atoms with Crippen LogP contribution < -0.4 is 44.9 Å². The fourth-order valence-corrected chi connectivity index (χ4v) is 3.29. The Morgan fingerprint density at radius 3 is 2.39 bits per heavy atom. The average Bonchev–Trinajstić information content (AvgIpc) is 2.69. The van der Waals surface area contributed by atoms with Gasteiger partial charge in [0.2, 0.25) is 0 Å². The molecule has 0 radical (unpaired) electrons. The Balaban J connectivity index is 0.00000196. The highest BCUT2D eigenvalue weighted by molar-refractivity contribution is 5.43. The van der Waals surface area contributed by atoms with Crippen LogP contribution in [0.1, 0.15) is 30.9 Å². The van der Waals surface area contributed by atoms with Gasteiger partial charge in [-0.05, 0) is 68.6 Å². The Hall–Kier alpha value is -1.46. The minimum Gasteiger partial charge on any atom is -1.00 e. The van der Waals surface area contributed by atoms with Crippen molar-refractivity contribution in [3.63, 3.8) is 0 Å². The molecule has 2 aromatic rings. The molecule has 0 saturated carbocycles. The molecule has 0 spiro atoms. The van der Waals surface area contributed by atoms with Crippen LogP contribution in [0, 0.1) is 5.92 Å². The minimum atomic E-state index is 0. The van der Waals surface area contributed by atoms with Crippen molar-refractivity contribution in [2.75, 3.05) is 26.2 Å². The summed E-state index contributed by atoms with van der Waals surface area (Å²) in [6.07, 6.45) is 2.53. The standard InChI is InChI=1S/C22H30N2O2.2ClH/c1-2-25-22-14-20(16-24-15-18-10-12-23-13-11-18)8-9-21(22)26-17-19-6-4-3-5-7-19;;/h3-9,14,18,23-24H,2,10-13,15-17H2,1H3;2*1H/p-2. The van der Waals surface area contributed by atoms with Crippen LogP contribution in [0.2, 0.25) is 0 Å². The lowest BCUT2D eigenvalue weighted by atomic mass is 9.98. The molecular formula is C22H30Cl2N2O2-2. The highest BCUT2D eigenvalue weighted by Gasteiger charge is 2.12. The Morgan fingerprint density at radius 2 is 1.68 bits per heavy atom. The fourth-order valence-electron chi connectivity index (χ4n) is 3.29. The SMILES string of the molecule is CCOc1cc(CNCC2CCNCC2)ccc1OCc1ccccc1.[Cl-].[Cl-]. The van der Waals surface area contributed by atoms with Crippen molar-refractivity contribution < 1.29 is 34.3 Å². The van der Waals surface area contributed by atoms with Gasteiger partial charge >= 0.3 is 0 Å². The van der Waals surface area contributed by atoms with E-state index in [2.05, 4.69) is 34.9 Å². The zero-order chi connectivity index (χ0) is 18.0. The van der Waals surface area contributed by atoms with Gasteiger partial charge in [-0.25, -0.2) is 0 Å². The van der Waals surface area contributed by atoms with Crippen LogP contribution >= 0.6 is 0 Å². The van der Waals surface area contributed by atoms with E-state index in [0.29, 0.717) is 13.2 Å². The number of hydrogen-bond donors (Lipinski definition) is 2. The van der Waals surface area contributed by atoms with Gasteiger partial charge in [0.15, 0.2) is 11.5 Å². The normalized spacial score (nSPS) is 13.9. The van der Waals surface area contributed by atoms with Gasteiger partial charge in [-0.3, -0.25) is 0 Å². The van der Waals surface area contributed by atoms with Crippen LogP contribution in [0.25, 0.3) is 0 Å². The number of hydrogen-bond acceptors (Lipinski definition) is 4. The van der Waals surface area contributed by atoms with Gasteiger partial charge < -0.3 is 44.9 Å². The maximum atomic E-state index is 5.98. The van der Waals surface area contributed by atoms with Crippen molar-refractivity contribution >= 4 is 0 Å². The Kier molecular flexibility index (Phi) is 12.0. The number of nitrogens with one attached hydrogen (secondary N) is 2. The van der Waals surface area contributed by atoms with Crippen molar-refractivity contribution in [1.29, 1.82) is 0 Å². The Labute approximate surface area is 181 Å². The molecule has 0 unspecified atom stereocenters. The molecule has 0 atom stereocenters. The minimum absolute atomic E-state index is 0. The summed E-state index contributed by atoms with van der Waals surface area (Å²) in [5.41, 5.74) is 2.39. The van der Waals surface area contributed by atoms with Gasteiger partial charge in [0, 0.05) is 6.54 Å². The molecule has 6 heteroatoms. The van der Waals surface area contributed by atoms with Crippen molar-refractivity contribution in [2.24, 2.45) is 5.92 Å². The molecule has 156 valence electrons. The average molecular weight is 425 g/mol. The van der Waals surface area contributed by atoms with Gasteiger partial charge in [0.05, 0.1) is 6.61 Å². The van der Waals surface area contributed by atoms with Crippen molar-refractivity contribution in [3.05, 3.63) is 59.7 Å². The van der Waals surface area contributed by atoms with Crippen molar-refractivity contribution in [2.45, 2.75) is 32.9 Å². The van der Waals surface area contributed by atoms with E-state index in [-0.39, 0.29) is 24.8 Å². The monoisotopic (exact) mass is 424 g/mol. The maximum Gasteiger partial charge on any atom is 0.161 e. The van der Waals surface area contributed by atoms with E-state index in [1.54, 1.807) is 0 Å². The zero-order valence-corrected chi connectivity index (χ0v) is 17.9. The van der Waals surface area contributed by atoms with Gasteiger partial charge in [0.25, 0.3) is 0 Å². The first-order valence-electron chi connectivity index (χ1n) is 9.69. The molecule has 2 N–H and O–H groups in total. The van der Waals surface area contributed by atoms with E-state index in [9.17, 15) is 0 Å². The van der Waals surface area contributed by atoms with Gasteiger partial charge in [-0.2, -0.15) is 0 Å². The van der Waals surface area contributed by atoms with Gasteiger partial charge in [-0.15, -0.1) is 0 Å². The third-order valence-corrected chi connectivity index (χ3v) is 4.77. The first-order valence-corrected chi connectivity index (χ1v) is 9.69.